The summed E-state index contributed by atoms with van der Waals surface area (Å²) in [5.74, 6) is 2.25. The molecule has 2 aromatic carbocycles. The molecule has 0 aliphatic heterocycles. The molecule has 0 heterocycles. The van der Waals surface area contributed by atoms with Crippen LogP contribution in [0.2, 0.25) is 0 Å². The van der Waals surface area contributed by atoms with Gasteiger partial charge in [0.25, 0.3) is 0 Å². The summed E-state index contributed by atoms with van der Waals surface area (Å²) in [5.41, 5.74) is 1.73. The number of guanidine groups is 1. The van der Waals surface area contributed by atoms with Crippen LogP contribution in [0.5, 0.6) is 11.5 Å². The number of hydrogen-bond donors (Lipinski definition) is 2. The van der Waals surface area contributed by atoms with Gasteiger partial charge < -0.3 is 20.1 Å². The van der Waals surface area contributed by atoms with Gasteiger partial charge in [0, 0.05) is 24.6 Å². The first-order valence-corrected chi connectivity index (χ1v) is 9.03. The smallest absolute Gasteiger partial charge is 0.191 e. The fourth-order valence-corrected chi connectivity index (χ4v) is 3.28. The summed E-state index contributed by atoms with van der Waals surface area (Å²) < 4.78 is 24.7. The highest BCUT2D eigenvalue weighted by molar-refractivity contribution is 5.81. The van der Waals surface area contributed by atoms with E-state index in [1.807, 2.05) is 37.3 Å². The van der Waals surface area contributed by atoms with Crippen molar-refractivity contribution in [3.8, 4) is 11.5 Å². The van der Waals surface area contributed by atoms with Crippen LogP contribution in [0.25, 0.3) is 0 Å². The molecule has 0 radical (unpaired) electrons. The van der Waals surface area contributed by atoms with Gasteiger partial charge in [-0.25, -0.2) is 4.39 Å². The summed E-state index contributed by atoms with van der Waals surface area (Å²) in [6.07, 6.45) is 0.887. The molecule has 5 nitrogen and oxygen atoms in total. The normalized spacial score (nSPS) is 20.0. The van der Waals surface area contributed by atoms with Gasteiger partial charge in [0.15, 0.2) is 5.96 Å². The lowest BCUT2D eigenvalue weighted by atomic mass is 10.1. The molecule has 6 heteroatoms. The molecule has 144 valence electrons. The summed E-state index contributed by atoms with van der Waals surface area (Å²) in [6, 6.07) is 12.8. The second-order valence-electron chi connectivity index (χ2n) is 6.66. The summed E-state index contributed by atoms with van der Waals surface area (Å²) in [5, 5.41) is 6.76. The third-order valence-corrected chi connectivity index (χ3v) is 4.90. The lowest BCUT2D eigenvalue weighted by molar-refractivity contribution is 0.394. The molecule has 27 heavy (non-hydrogen) atoms. The van der Waals surface area contributed by atoms with Crippen LogP contribution in [-0.4, -0.2) is 33.3 Å². The predicted octanol–water partition coefficient (Wildman–Crippen LogP) is 3.63. The number of nitrogens with one attached hydrogen (secondary N) is 2. The second kappa shape index (κ2) is 8.29. The van der Waals surface area contributed by atoms with Crippen molar-refractivity contribution >= 4 is 5.96 Å². The van der Waals surface area contributed by atoms with Gasteiger partial charge in [0.05, 0.1) is 20.3 Å². The van der Waals surface area contributed by atoms with Crippen LogP contribution >= 0.6 is 0 Å². The van der Waals surface area contributed by atoms with Crippen molar-refractivity contribution in [1.82, 2.24) is 10.6 Å². The second-order valence-corrected chi connectivity index (χ2v) is 6.66. The molecular formula is C21H26FN3O2. The molecule has 1 aliphatic carbocycles. The molecule has 0 spiro atoms. The summed E-state index contributed by atoms with van der Waals surface area (Å²) in [4.78, 5) is 4.31. The Labute approximate surface area is 159 Å². The molecule has 0 aromatic heterocycles. The molecule has 0 bridgehead atoms. The Hall–Kier alpha value is -2.76. The molecule has 3 rings (SSSR count). The topological polar surface area (TPSA) is 54.9 Å². The number of hydrogen-bond acceptors (Lipinski definition) is 3. The molecule has 0 amide bonds. The maximum atomic E-state index is 14.0. The number of ether oxygens (including phenoxy) is 2. The molecule has 1 saturated carbocycles. The third-order valence-electron chi connectivity index (χ3n) is 4.90. The van der Waals surface area contributed by atoms with E-state index in [2.05, 4.69) is 15.6 Å². The highest BCUT2D eigenvalue weighted by atomic mass is 19.1. The Morgan fingerprint density at radius 1 is 1.19 bits per heavy atom. The Morgan fingerprint density at radius 3 is 2.63 bits per heavy atom. The van der Waals surface area contributed by atoms with Gasteiger partial charge in [-0.1, -0.05) is 18.2 Å². The van der Waals surface area contributed by atoms with E-state index >= 15 is 0 Å². The minimum Gasteiger partial charge on any atom is -0.497 e. The van der Waals surface area contributed by atoms with Crippen molar-refractivity contribution < 1.29 is 13.9 Å². The van der Waals surface area contributed by atoms with Crippen LogP contribution in [0, 0.1) is 5.82 Å². The van der Waals surface area contributed by atoms with E-state index in [4.69, 9.17) is 9.47 Å². The zero-order chi connectivity index (χ0) is 19.4. The number of halogens is 1. The SMILES string of the molecule is CN=C(NC(C)c1cc(OC)ccc1OC)NC1CC1c1ccccc1F. The molecule has 1 fully saturated rings. The van der Waals surface area contributed by atoms with Crippen molar-refractivity contribution in [3.63, 3.8) is 0 Å². The van der Waals surface area contributed by atoms with Crippen LogP contribution < -0.4 is 20.1 Å². The Bertz CT molecular complexity index is 825. The fourth-order valence-electron chi connectivity index (χ4n) is 3.28. The quantitative estimate of drug-likeness (QED) is 0.601. The number of aliphatic imine (C=N–C) groups is 1. The Kier molecular flexibility index (Phi) is 5.84. The lowest BCUT2D eigenvalue weighted by Crippen LogP contribution is -2.40. The van der Waals surface area contributed by atoms with Crippen molar-refractivity contribution in [2.24, 2.45) is 4.99 Å². The van der Waals surface area contributed by atoms with Gasteiger partial charge in [-0.3, -0.25) is 4.99 Å². The van der Waals surface area contributed by atoms with Gasteiger partial charge in [-0.15, -0.1) is 0 Å². The third kappa shape index (κ3) is 4.32. The first kappa shape index (κ1) is 19.0. The maximum absolute atomic E-state index is 14.0. The van der Waals surface area contributed by atoms with Gasteiger partial charge >= 0.3 is 0 Å². The van der Waals surface area contributed by atoms with E-state index in [-0.39, 0.29) is 23.8 Å². The van der Waals surface area contributed by atoms with Crippen molar-refractivity contribution in [2.75, 3.05) is 21.3 Å². The van der Waals surface area contributed by atoms with Crippen LogP contribution in [0.15, 0.2) is 47.5 Å². The van der Waals surface area contributed by atoms with E-state index in [1.165, 1.54) is 6.07 Å². The maximum Gasteiger partial charge on any atom is 0.191 e. The molecule has 2 aromatic rings. The molecule has 3 unspecified atom stereocenters. The molecular weight excluding hydrogens is 345 g/mol. The summed E-state index contributed by atoms with van der Waals surface area (Å²) in [6.45, 7) is 2.03. The minimum atomic E-state index is -0.149. The number of rotatable bonds is 6. The van der Waals surface area contributed by atoms with Crippen molar-refractivity contribution in [3.05, 3.63) is 59.4 Å². The van der Waals surface area contributed by atoms with Crippen LogP contribution in [0.3, 0.4) is 0 Å². The van der Waals surface area contributed by atoms with E-state index in [9.17, 15) is 4.39 Å². The zero-order valence-corrected chi connectivity index (χ0v) is 16.1. The van der Waals surface area contributed by atoms with E-state index in [1.54, 1.807) is 27.3 Å². The fraction of sp³-hybridized carbons (Fsp3) is 0.381. The van der Waals surface area contributed by atoms with E-state index in [0.717, 1.165) is 29.0 Å². The van der Waals surface area contributed by atoms with E-state index < -0.39 is 0 Å². The zero-order valence-electron chi connectivity index (χ0n) is 16.1. The van der Waals surface area contributed by atoms with Crippen LogP contribution in [-0.2, 0) is 0 Å². The minimum absolute atomic E-state index is 0.0492. The van der Waals surface area contributed by atoms with Gasteiger partial charge in [-0.05, 0) is 43.2 Å². The van der Waals surface area contributed by atoms with E-state index in [0.29, 0.717) is 5.96 Å². The van der Waals surface area contributed by atoms with Crippen molar-refractivity contribution in [2.45, 2.75) is 31.3 Å². The van der Waals surface area contributed by atoms with Crippen molar-refractivity contribution in [1.29, 1.82) is 0 Å². The molecule has 1 aliphatic rings. The van der Waals surface area contributed by atoms with Gasteiger partial charge in [0.2, 0.25) is 0 Å². The predicted molar refractivity (Wildman–Crippen MR) is 105 cm³/mol. The summed E-state index contributed by atoms with van der Waals surface area (Å²) >= 11 is 0. The Balaban J connectivity index is 1.65. The highest BCUT2D eigenvalue weighted by Gasteiger charge is 2.40. The Morgan fingerprint density at radius 2 is 1.96 bits per heavy atom. The first-order valence-electron chi connectivity index (χ1n) is 9.03. The molecule has 3 atom stereocenters. The number of nitrogens with zero attached hydrogens (tertiary/aromatic N) is 1. The molecule has 0 saturated heterocycles. The lowest BCUT2D eigenvalue weighted by Gasteiger charge is -2.21. The largest absolute Gasteiger partial charge is 0.497 e. The highest BCUT2D eigenvalue weighted by Crippen LogP contribution is 2.41. The number of methoxy groups -OCH3 is 2. The monoisotopic (exact) mass is 371 g/mol. The van der Waals surface area contributed by atoms with Crippen LogP contribution in [0.4, 0.5) is 4.39 Å². The summed E-state index contributed by atoms with van der Waals surface area (Å²) in [7, 11) is 5.01. The average Bonchev–Trinajstić information content (AvgIpc) is 3.45. The number of benzene rings is 2. The molecule has 2 N–H and O–H groups in total. The van der Waals surface area contributed by atoms with Gasteiger partial charge in [-0.2, -0.15) is 0 Å². The standard InChI is InChI=1S/C21H26FN3O2/c1-13(16-11-14(26-3)9-10-20(16)27-4)24-21(23-2)25-19-12-17(19)15-7-5-6-8-18(15)22/h5-11,13,17,19H,12H2,1-4H3,(H2,23,24,25). The average molecular weight is 371 g/mol. The first-order chi connectivity index (χ1) is 13.1. The van der Waals surface area contributed by atoms with Gasteiger partial charge in [0.1, 0.15) is 17.3 Å². The van der Waals surface area contributed by atoms with Crippen LogP contribution in [0.1, 0.15) is 36.4 Å².